The monoisotopic (exact) mass is 424 g/mol. The van der Waals surface area contributed by atoms with Gasteiger partial charge in [0, 0.05) is 13.1 Å². The summed E-state index contributed by atoms with van der Waals surface area (Å²) < 4.78 is 37.0. The van der Waals surface area contributed by atoms with Crippen LogP contribution < -0.4 is 20.1 Å². The maximum Gasteiger partial charge on any atom is 0.246 e. The molecule has 2 rings (SSSR count). The Balaban J connectivity index is 2.23. The Bertz CT molecular complexity index is 950. The average Bonchev–Trinajstić information content (AvgIpc) is 2.71. The molecule has 0 saturated heterocycles. The lowest BCUT2D eigenvalue weighted by molar-refractivity contribution is -0.126. The molecule has 1 unspecified atom stereocenters. The summed E-state index contributed by atoms with van der Waals surface area (Å²) in [7, 11) is 4.26. The first-order valence-corrected chi connectivity index (χ1v) is 8.75. The van der Waals surface area contributed by atoms with E-state index in [9.17, 15) is 18.4 Å². The highest BCUT2D eigenvalue weighted by Gasteiger charge is 2.22. The van der Waals surface area contributed by atoms with E-state index in [2.05, 4.69) is 10.6 Å². The van der Waals surface area contributed by atoms with E-state index in [1.165, 1.54) is 39.5 Å². The van der Waals surface area contributed by atoms with Crippen molar-refractivity contribution in [2.24, 2.45) is 0 Å². The first kappa shape index (κ1) is 22.2. The minimum Gasteiger partial charge on any atom is -0.493 e. The molecule has 0 aliphatic carbocycles. The molecule has 2 amide bonds. The van der Waals surface area contributed by atoms with Crippen molar-refractivity contribution >= 4 is 29.5 Å². The Morgan fingerprint density at radius 2 is 1.83 bits per heavy atom. The van der Waals surface area contributed by atoms with Gasteiger partial charge in [0.2, 0.25) is 11.8 Å². The van der Waals surface area contributed by atoms with Crippen LogP contribution in [0.15, 0.2) is 36.4 Å². The molecule has 0 aliphatic rings. The van der Waals surface area contributed by atoms with Crippen LogP contribution in [0, 0.1) is 11.6 Å². The van der Waals surface area contributed by atoms with Crippen LogP contribution in [0.3, 0.4) is 0 Å². The van der Waals surface area contributed by atoms with E-state index in [1.807, 2.05) is 0 Å². The zero-order chi connectivity index (χ0) is 21.6. The molecule has 154 valence electrons. The summed E-state index contributed by atoms with van der Waals surface area (Å²) in [5.41, 5.74) is 0.645. The highest BCUT2D eigenvalue weighted by molar-refractivity contribution is 6.32. The SMILES string of the molecule is CNC(=O)C(NC(=O)/C=C/c1cc(Cl)c(OC)c(OC)c1)c1ccc(F)c(F)c1. The molecule has 2 aromatic carbocycles. The molecule has 9 heteroatoms. The van der Waals surface area contributed by atoms with Crippen LogP contribution in [0.1, 0.15) is 17.2 Å². The van der Waals surface area contributed by atoms with Crippen molar-refractivity contribution in [1.29, 1.82) is 0 Å². The quantitative estimate of drug-likeness (QED) is 0.669. The fraction of sp³-hybridized carbons (Fsp3) is 0.200. The molecule has 0 radical (unpaired) electrons. The van der Waals surface area contributed by atoms with E-state index >= 15 is 0 Å². The molecule has 6 nitrogen and oxygen atoms in total. The van der Waals surface area contributed by atoms with Crippen molar-refractivity contribution in [3.8, 4) is 11.5 Å². The number of hydrogen-bond acceptors (Lipinski definition) is 4. The van der Waals surface area contributed by atoms with Crippen LogP contribution in [-0.2, 0) is 9.59 Å². The smallest absolute Gasteiger partial charge is 0.246 e. The second kappa shape index (κ2) is 9.88. The van der Waals surface area contributed by atoms with Gasteiger partial charge in [-0.05, 0) is 41.5 Å². The molecule has 2 N–H and O–H groups in total. The summed E-state index contributed by atoms with van der Waals surface area (Å²) >= 11 is 6.12. The Morgan fingerprint density at radius 3 is 2.41 bits per heavy atom. The van der Waals surface area contributed by atoms with Gasteiger partial charge in [-0.3, -0.25) is 9.59 Å². The van der Waals surface area contributed by atoms with Crippen LogP contribution in [0.2, 0.25) is 5.02 Å². The first-order valence-electron chi connectivity index (χ1n) is 8.37. The number of amides is 2. The Hall–Kier alpha value is -3.13. The molecule has 0 heterocycles. The van der Waals surface area contributed by atoms with Crippen LogP contribution in [0.25, 0.3) is 6.08 Å². The van der Waals surface area contributed by atoms with Gasteiger partial charge in [0.15, 0.2) is 23.1 Å². The van der Waals surface area contributed by atoms with Gasteiger partial charge in [0.25, 0.3) is 0 Å². The summed E-state index contributed by atoms with van der Waals surface area (Å²) in [5, 5.41) is 5.11. The number of benzene rings is 2. The fourth-order valence-corrected chi connectivity index (χ4v) is 2.83. The first-order chi connectivity index (χ1) is 13.8. The standard InChI is InChI=1S/C20H19ClF2N2O4/c1-24-20(27)18(12-5-6-14(22)15(23)10-12)25-17(26)7-4-11-8-13(21)19(29-3)16(9-11)28-2/h4-10,18H,1-3H3,(H,24,27)(H,25,26)/b7-4+. The lowest BCUT2D eigenvalue weighted by Crippen LogP contribution is -2.38. The maximum atomic E-state index is 13.5. The average molecular weight is 425 g/mol. The van der Waals surface area contributed by atoms with E-state index in [1.54, 1.807) is 12.1 Å². The highest BCUT2D eigenvalue weighted by atomic mass is 35.5. The molecule has 0 saturated carbocycles. The van der Waals surface area contributed by atoms with Gasteiger partial charge in [0.1, 0.15) is 6.04 Å². The number of ether oxygens (including phenoxy) is 2. The molecular formula is C20H19ClF2N2O4. The minimum absolute atomic E-state index is 0.0964. The molecule has 1 atom stereocenters. The lowest BCUT2D eigenvalue weighted by Gasteiger charge is -2.17. The van der Waals surface area contributed by atoms with Crippen molar-refractivity contribution in [2.75, 3.05) is 21.3 Å². The predicted octanol–water partition coefficient (Wildman–Crippen LogP) is 3.25. The molecular weight excluding hydrogens is 406 g/mol. The number of carbonyl (C=O) groups is 2. The van der Waals surface area contributed by atoms with Gasteiger partial charge in [-0.2, -0.15) is 0 Å². The van der Waals surface area contributed by atoms with Crippen LogP contribution in [0.5, 0.6) is 11.5 Å². The van der Waals surface area contributed by atoms with Gasteiger partial charge in [-0.1, -0.05) is 17.7 Å². The van der Waals surface area contributed by atoms with Gasteiger partial charge >= 0.3 is 0 Å². The number of methoxy groups -OCH3 is 2. The Morgan fingerprint density at radius 1 is 1.10 bits per heavy atom. The number of rotatable bonds is 7. The summed E-state index contributed by atoms with van der Waals surface area (Å²) in [4.78, 5) is 24.4. The van der Waals surface area contributed by atoms with Gasteiger partial charge in [-0.25, -0.2) is 8.78 Å². The highest BCUT2D eigenvalue weighted by Crippen LogP contribution is 2.36. The van der Waals surface area contributed by atoms with E-state index in [-0.39, 0.29) is 10.6 Å². The van der Waals surface area contributed by atoms with Crippen molar-refractivity contribution in [3.05, 3.63) is 64.2 Å². The van der Waals surface area contributed by atoms with Crippen LogP contribution >= 0.6 is 11.6 Å². The Kier molecular flexibility index (Phi) is 7.55. The number of hydrogen-bond donors (Lipinski definition) is 2. The number of nitrogens with one attached hydrogen (secondary N) is 2. The summed E-state index contributed by atoms with van der Waals surface area (Å²) in [5.74, 6) is -2.66. The molecule has 29 heavy (non-hydrogen) atoms. The summed E-state index contributed by atoms with van der Waals surface area (Å²) in [6, 6.07) is 4.93. The Labute approximate surface area is 171 Å². The van der Waals surface area contributed by atoms with E-state index < -0.39 is 29.5 Å². The van der Waals surface area contributed by atoms with Crippen LogP contribution in [0.4, 0.5) is 8.78 Å². The number of likely N-dealkylation sites (N-methyl/N-ethyl adjacent to an activating group) is 1. The number of carbonyl (C=O) groups excluding carboxylic acids is 2. The third-order valence-electron chi connectivity index (χ3n) is 3.96. The molecule has 0 aliphatic heterocycles. The maximum absolute atomic E-state index is 13.5. The second-order valence-corrected chi connectivity index (χ2v) is 6.21. The van der Waals surface area contributed by atoms with Gasteiger partial charge in [-0.15, -0.1) is 0 Å². The zero-order valence-corrected chi connectivity index (χ0v) is 16.6. The third-order valence-corrected chi connectivity index (χ3v) is 4.24. The molecule has 0 spiro atoms. The normalized spacial score (nSPS) is 11.8. The topological polar surface area (TPSA) is 76.7 Å². The van der Waals surface area contributed by atoms with Gasteiger partial charge < -0.3 is 20.1 Å². The number of halogens is 3. The summed E-state index contributed by atoms with van der Waals surface area (Å²) in [6.45, 7) is 0. The van der Waals surface area contributed by atoms with Crippen molar-refractivity contribution in [3.63, 3.8) is 0 Å². The summed E-state index contributed by atoms with van der Waals surface area (Å²) in [6.07, 6.45) is 2.63. The van der Waals surface area contributed by atoms with Gasteiger partial charge in [0.05, 0.1) is 19.2 Å². The van der Waals surface area contributed by atoms with E-state index in [0.29, 0.717) is 17.1 Å². The predicted molar refractivity (Wildman–Crippen MR) is 105 cm³/mol. The largest absolute Gasteiger partial charge is 0.493 e. The van der Waals surface area contributed by atoms with E-state index in [4.69, 9.17) is 21.1 Å². The van der Waals surface area contributed by atoms with E-state index in [0.717, 1.165) is 12.1 Å². The third kappa shape index (κ3) is 5.45. The molecule has 0 aromatic heterocycles. The zero-order valence-electron chi connectivity index (χ0n) is 15.9. The minimum atomic E-state index is -1.21. The van der Waals surface area contributed by atoms with Crippen LogP contribution in [-0.4, -0.2) is 33.1 Å². The van der Waals surface area contributed by atoms with Crippen molar-refractivity contribution < 1.29 is 27.8 Å². The second-order valence-electron chi connectivity index (χ2n) is 5.80. The molecule has 0 bridgehead atoms. The lowest BCUT2D eigenvalue weighted by atomic mass is 10.1. The molecule has 0 fully saturated rings. The molecule has 2 aromatic rings. The fourth-order valence-electron chi connectivity index (χ4n) is 2.53. The van der Waals surface area contributed by atoms with Crippen molar-refractivity contribution in [1.82, 2.24) is 10.6 Å². The van der Waals surface area contributed by atoms with Crippen molar-refractivity contribution in [2.45, 2.75) is 6.04 Å².